The summed E-state index contributed by atoms with van der Waals surface area (Å²) in [6.07, 6.45) is 0. The van der Waals surface area contributed by atoms with Crippen LogP contribution >= 0.6 is 0 Å². The van der Waals surface area contributed by atoms with Crippen LogP contribution in [0.15, 0.2) is 6.07 Å². The zero-order valence-corrected chi connectivity index (χ0v) is 10.3. The Bertz CT molecular complexity index is 357. The lowest BCUT2D eigenvalue weighted by molar-refractivity contribution is 0.0944. The molecule has 0 bridgehead atoms. The Balaban J connectivity index is 2.81. The number of nitrogen functional groups attached to an aromatic ring is 1. The van der Waals surface area contributed by atoms with Crippen LogP contribution in [-0.2, 0) is 0 Å². The molecule has 0 radical (unpaired) electrons. The van der Waals surface area contributed by atoms with Gasteiger partial charge in [0.1, 0.15) is 17.5 Å². The third-order valence-corrected chi connectivity index (χ3v) is 1.98. The van der Waals surface area contributed by atoms with E-state index in [1.165, 1.54) is 0 Å². The molecule has 0 fully saturated rings. The molecule has 0 saturated carbocycles. The zero-order chi connectivity index (χ0) is 12.3. The van der Waals surface area contributed by atoms with E-state index in [4.69, 9.17) is 5.73 Å². The third kappa shape index (κ3) is 4.02. The van der Waals surface area contributed by atoms with Gasteiger partial charge in [-0.3, -0.25) is 0 Å². The maximum Gasteiger partial charge on any atom is 0.135 e. The molecule has 0 aliphatic rings. The van der Waals surface area contributed by atoms with Gasteiger partial charge in [-0.1, -0.05) is 13.8 Å². The van der Waals surface area contributed by atoms with Crippen molar-refractivity contribution in [2.45, 2.75) is 39.2 Å². The van der Waals surface area contributed by atoms with E-state index in [-0.39, 0.29) is 5.92 Å². The van der Waals surface area contributed by atoms with Crippen LogP contribution < -0.4 is 11.1 Å². The second kappa shape index (κ2) is 4.65. The second-order valence-electron chi connectivity index (χ2n) is 4.86. The molecule has 0 amide bonds. The largest absolute Gasteiger partial charge is 0.389 e. The fourth-order valence-corrected chi connectivity index (χ4v) is 1.14. The van der Waals surface area contributed by atoms with Gasteiger partial charge < -0.3 is 16.2 Å². The van der Waals surface area contributed by atoms with Crippen LogP contribution in [0.2, 0.25) is 0 Å². The molecule has 5 nitrogen and oxygen atoms in total. The van der Waals surface area contributed by atoms with Crippen molar-refractivity contribution in [2.75, 3.05) is 17.6 Å². The first kappa shape index (κ1) is 12.7. The highest BCUT2D eigenvalue weighted by Gasteiger charge is 2.13. The van der Waals surface area contributed by atoms with Crippen LogP contribution in [0, 0.1) is 0 Å². The number of nitrogens with one attached hydrogen (secondary N) is 1. The summed E-state index contributed by atoms with van der Waals surface area (Å²) in [5.74, 6) is 2.03. The molecule has 1 rings (SSSR count). The molecule has 90 valence electrons. The van der Waals surface area contributed by atoms with Gasteiger partial charge in [-0.05, 0) is 13.8 Å². The van der Waals surface area contributed by atoms with E-state index in [2.05, 4.69) is 15.3 Å². The van der Waals surface area contributed by atoms with Crippen LogP contribution in [0.4, 0.5) is 11.6 Å². The normalized spacial score (nSPS) is 11.9. The van der Waals surface area contributed by atoms with E-state index < -0.39 is 5.60 Å². The highest BCUT2D eigenvalue weighted by molar-refractivity contribution is 5.45. The van der Waals surface area contributed by atoms with Crippen molar-refractivity contribution in [2.24, 2.45) is 0 Å². The molecule has 16 heavy (non-hydrogen) atoms. The van der Waals surface area contributed by atoms with E-state index in [9.17, 15) is 5.11 Å². The Labute approximate surface area is 96.1 Å². The summed E-state index contributed by atoms with van der Waals surface area (Å²) < 4.78 is 0. The predicted molar refractivity (Wildman–Crippen MR) is 65.3 cm³/mol. The number of aromatic nitrogens is 2. The van der Waals surface area contributed by atoms with E-state index in [0.29, 0.717) is 24.0 Å². The Hall–Kier alpha value is -1.36. The van der Waals surface area contributed by atoms with Gasteiger partial charge in [0.2, 0.25) is 0 Å². The molecule has 0 atom stereocenters. The summed E-state index contributed by atoms with van der Waals surface area (Å²) >= 11 is 0. The van der Waals surface area contributed by atoms with Crippen LogP contribution in [0.5, 0.6) is 0 Å². The van der Waals surface area contributed by atoms with Crippen LogP contribution in [-0.4, -0.2) is 27.2 Å². The molecule has 1 aromatic heterocycles. The highest BCUT2D eigenvalue weighted by atomic mass is 16.3. The van der Waals surface area contributed by atoms with Crippen molar-refractivity contribution < 1.29 is 5.11 Å². The molecule has 0 unspecified atom stereocenters. The lowest BCUT2D eigenvalue weighted by Crippen LogP contribution is -2.29. The molecular weight excluding hydrogens is 204 g/mol. The molecule has 0 aliphatic heterocycles. The molecule has 0 aromatic carbocycles. The van der Waals surface area contributed by atoms with E-state index >= 15 is 0 Å². The fraction of sp³-hybridized carbons (Fsp3) is 0.636. The first-order valence-corrected chi connectivity index (χ1v) is 5.38. The van der Waals surface area contributed by atoms with Gasteiger partial charge in [0.05, 0.1) is 5.60 Å². The summed E-state index contributed by atoms with van der Waals surface area (Å²) in [4.78, 5) is 8.46. The highest BCUT2D eigenvalue weighted by Crippen LogP contribution is 2.15. The summed E-state index contributed by atoms with van der Waals surface area (Å²) in [5, 5.41) is 12.6. The number of rotatable bonds is 4. The minimum absolute atomic E-state index is 0.228. The fourth-order valence-electron chi connectivity index (χ4n) is 1.14. The number of anilines is 2. The van der Waals surface area contributed by atoms with Gasteiger partial charge in [-0.25, -0.2) is 9.97 Å². The molecule has 4 N–H and O–H groups in total. The zero-order valence-electron chi connectivity index (χ0n) is 10.3. The average molecular weight is 224 g/mol. The van der Waals surface area contributed by atoms with Gasteiger partial charge in [-0.15, -0.1) is 0 Å². The molecule has 1 heterocycles. The molecule has 0 saturated heterocycles. The van der Waals surface area contributed by atoms with Gasteiger partial charge >= 0.3 is 0 Å². The van der Waals surface area contributed by atoms with Gasteiger partial charge in [0.25, 0.3) is 0 Å². The van der Waals surface area contributed by atoms with Crippen molar-refractivity contribution in [3.8, 4) is 0 Å². The Kier molecular flexibility index (Phi) is 3.70. The second-order valence-corrected chi connectivity index (χ2v) is 4.86. The lowest BCUT2D eigenvalue weighted by atomic mass is 10.1. The van der Waals surface area contributed by atoms with Crippen LogP contribution in [0.25, 0.3) is 0 Å². The maximum atomic E-state index is 9.59. The standard InChI is InChI=1S/C11H20N4O/c1-7(2)10-14-8(12)5-9(15-10)13-6-11(3,4)16/h5,7,16H,6H2,1-4H3,(H3,12,13,14,15). The summed E-state index contributed by atoms with van der Waals surface area (Å²) in [6, 6.07) is 1.66. The molecule has 1 aromatic rings. The maximum absolute atomic E-state index is 9.59. The third-order valence-electron chi connectivity index (χ3n) is 1.98. The molecule has 0 aliphatic carbocycles. The molecular formula is C11H20N4O. The SMILES string of the molecule is CC(C)c1nc(N)cc(NCC(C)(C)O)n1. The first-order valence-electron chi connectivity index (χ1n) is 5.38. The van der Waals surface area contributed by atoms with E-state index in [1.807, 2.05) is 13.8 Å². The summed E-state index contributed by atoms with van der Waals surface area (Å²) in [6.45, 7) is 7.89. The summed E-state index contributed by atoms with van der Waals surface area (Å²) in [5.41, 5.74) is 4.90. The first-order chi connectivity index (χ1) is 7.28. The minimum Gasteiger partial charge on any atom is -0.389 e. The van der Waals surface area contributed by atoms with Crippen LogP contribution in [0.3, 0.4) is 0 Å². The number of hydrogen-bond acceptors (Lipinski definition) is 5. The van der Waals surface area contributed by atoms with E-state index in [0.717, 1.165) is 0 Å². The predicted octanol–water partition coefficient (Wildman–Crippen LogP) is 1.36. The van der Waals surface area contributed by atoms with Gasteiger partial charge in [0.15, 0.2) is 0 Å². The number of nitrogens with two attached hydrogens (primary N) is 1. The average Bonchev–Trinajstić information content (AvgIpc) is 2.13. The van der Waals surface area contributed by atoms with Crippen molar-refractivity contribution in [3.63, 3.8) is 0 Å². The van der Waals surface area contributed by atoms with Gasteiger partial charge in [-0.2, -0.15) is 0 Å². The lowest BCUT2D eigenvalue weighted by Gasteiger charge is -2.18. The van der Waals surface area contributed by atoms with E-state index in [1.54, 1.807) is 19.9 Å². The molecule has 0 spiro atoms. The number of hydrogen-bond donors (Lipinski definition) is 3. The topological polar surface area (TPSA) is 84.1 Å². The quantitative estimate of drug-likeness (QED) is 0.719. The number of nitrogens with zero attached hydrogens (tertiary/aromatic N) is 2. The van der Waals surface area contributed by atoms with Crippen LogP contribution in [0.1, 0.15) is 39.4 Å². The van der Waals surface area contributed by atoms with Gasteiger partial charge in [0, 0.05) is 18.5 Å². The Morgan fingerprint density at radius 2 is 2.06 bits per heavy atom. The summed E-state index contributed by atoms with van der Waals surface area (Å²) in [7, 11) is 0. The van der Waals surface area contributed by atoms with Crippen molar-refractivity contribution in [1.82, 2.24) is 9.97 Å². The van der Waals surface area contributed by atoms with Crippen molar-refractivity contribution >= 4 is 11.6 Å². The van der Waals surface area contributed by atoms with Crippen molar-refractivity contribution in [3.05, 3.63) is 11.9 Å². The monoisotopic (exact) mass is 224 g/mol. The van der Waals surface area contributed by atoms with Crippen molar-refractivity contribution in [1.29, 1.82) is 0 Å². The number of aliphatic hydroxyl groups is 1. The smallest absolute Gasteiger partial charge is 0.135 e. The molecule has 5 heteroatoms. The minimum atomic E-state index is -0.780. The Morgan fingerprint density at radius 1 is 1.44 bits per heavy atom. The Morgan fingerprint density at radius 3 is 2.56 bits per heavy atom.